The van der Waals surface area contributed by atoms with Gasteiger partial charge in [-0.15, -0.1) is 4.36 Å². The molecule has 5 nitrogen and oxygen atoms in total. The van der Waals surface area contributed by atoms with E-state index in [1.165, 1.54) is 5.56 Å². The van der Waals surface area contributed by atoms with Gasteiger partial charge >= 0.3 is 5.49 Å². The van der Waals surface area contributed by atoms with Crippen molar-refractivity contribution < 1.29 is 9.10 Å². The van der Waals surface area contributed by atoms with Crippen molar-refractivity contribution >= 4 is 0 Å². The van der Waals surface area contributed by atoms with Crippen molar-refractivity contribution in [1.29, 1.82) is 0 Å². The Morgan fingerprint density at radius 2 is 1.59 bits per heavy atom. The molecule has 2 aliphatic heterocycles. The van der Waals surface area contributed by atoms with Crippen LogP contribution in [0.4, 0.5) is 0 Å². The van der Waals surface area contributed by atoms with Gasteiger partial charge in [-0.05, 0) is 29.1 Å². The SMILES string of the molecule is C[C@H]1N[C@@H](c2ccc(C3N=c4cccc[n+]4=N3)cc2)O[C@@H]1c1ccccc1. The number of benzene rings is 2. The quantitative estimate of drug-likeness (QED) is 0.733. The summed E-state index contributed by atoms with van der Waals surface area (Å²) in [7, 11) is 0. The number of nitrogens with one attached hydrogen (secondary N) is 1. The number of rotatable bonds is 3. The highest BCUT2D eigenvalue weighted by Crippen LogP contribution is 2.35. The first kappa shape index (κ1) is 16.3. The van der Waals surface area contributed by atoms with Crippen LogP contribution < -0.4 is 15.2 Å². The van der Waals surface area contributed by atoms with Crippen molar-refractivity contribution in [3.8, 4) is 0 Å². The maximum absolute atomic E-state index is 6.30. The van der Waals surface area contributed by atoms with Crippen LogP contribution in [0.5, 0.6) is 0 Å². The molecule has 0 spiro atoms. The molecule has 0 saturated carbocycles. The van der Waals surface area contributed by atoms with Gasteiger partial charge in [-0.2, -0.15) is 0 Å². The van der Waals surface area contributed by atoms with Crippen LogP contribution in [0.3, 0.4) is 0 Å². The third-order valence-electron chi connectivity index (χ3n) is 5.12. The molecule has 1 fully saturated rings. The van der Waals surface area contributed by atoms with Gasteiger partial charge in [0.25, 0.3) is 6.17 Å². The Morgan fingerprint density at radius 1 is 0.852 bits per heavy atom. The number of hydrogen-bond donors (Lipinski definition) is 1. The van der Waals surface area contributed by atoms with E-state index < -0.39 is 0 Å². The number of ether oxygens (including phenoxy) is 1. The van der Waals surface area contributed by atoms with Gasteiger partial charge in [0, 0.05) is 17.7 Å². The molecule has 3 aromatic rings. The van der Waals surface area contributed by atoms with Crippen LogP contribution in [0, 0.1) is 0 Å². The van der Waals surface area contributed by atoms with Crippen LogP contribution in [-0.4, -0.2) is 6.04 Å². The topological polar surface area (TPSA) is 51.9 Å². The predicted octanol–water partition coefficient (Wildman–Crippen LogP) is 3.09. The van der Waals surface area contributed by atoms with E-state index in [0.717, 1.165) is 16.6 Å². The van der Waals surface area contributed by atoms with Gasteiger partial charge < -0.3 is 4.74 Å². The van der Waals surface area contributed by atoms with Gasteiger partial charge in [0.2, 0.25) is 0 Å². The molecule has 0 amide bonds. The highest BCUT2D eigenvalue weighted by atomic mass is 16.5. The molecule has 2 aromatic carbocycles. The molecular formula is C22H21N4O+. The predicted molar refractivity (Wildman–Crippen MR) is 100 cm³/mol. The molecule has 0 bridgehead atoms. The van der Waals surface area contributed by atoms with Gasteiger partial charge in [-0.3, -0.25) is 5.32 Å². The molecule has 2 aliphatic rings. The van der Waals surface area contributed by atoms with Crippen molar-refractivity contribution in [3.63, 3.8) is 0 Å². The van der Waals surface area contributed by atoms with Crippen LogP contribution in [0.15, 0.2) is 89.1 Å². The van der Waals surface area contributed by atoms with Crippen LogP contribution in [0.25, 0.3) is 0 Å². The highest BCUT2D eigenvalue weighted by Gasteiger charge is 2.33. The number of hydrogen-bond acceptors (Lipinski definition) is 4. The molecule has 5 rings (SSSR count). The summed E-state index contributed by atoms with van der Waals surface area (Å²) in [5, 5.41) is 8.16. The van der Waals surface area contributed by atoms with Crippen LogP contribution >= 0.6 is 0 Å². The van der Waals surface area contributed by atoms with Gasteiger partial charge in [0.15, 0.2) is 0 Å². The maximum atomic E-state index is 6.30. The van der Waals surface area contributed by atoms with E-state index >= 15 is 0 Å². The molecule has 134 valence electrons. The zero-order valence-electron chi connectivity index (χ0n) is 15.1. The van der Waals surface area contributed by atoms with Crippen LogP contribution in [-0.2, 0) is 4.74 Å². The molecule has 27 heavy (non-hydrogen) atoms. The lowest BCUT2D eigenvalue weighted by molar-refractivity contribution is -0.560. The lowest BCUT2D eigenvalue weighted by atomic mass is 10.0. The molecule has 4 atom stereocenters. The Hall–Kier alpha value is -2.89. The number of pyridine rings is 1. The summed E-state index contributed by atoms with van der Waals surface area (Å²) < 4.78 is 8.13. The lowest BCUT2D eigenvalue weighted by Crippen LogP contribution is -2.32. The first-order chi connectivity index (χ1) is 13.3. The minimum atomic E-state index is -0.185. The maximum Gasteiger partial charge on any atom is 0.345 e. The van der Waals surface area contributed by atoms with Crippen molar-refractivity contribution in [3.05, 3.63) is 101 Å². The van der Waals surface area contributed by atoms with E-state index in [1.54, 1.807) is 0 Å². The summed E-state index contributed by atoms with van der Waals surface area (Å²) in [6, 6.07) is 24.9. The summed E-state index contributed by atoms with van der Waals surface area (Å²) in [6.45, 7) is 2.16. The highest BCUT2D eigenvalue weighted by molar-refractivity contribution is 5.28. The molecule has 1 N–H and O–H groups in total. The number of nitrogens with zero attached hydrogens (tertiary/aromatic N) is 3. The van der Waals surface area contributed by atoms with Crippen LogP contribution in [0.1, 0.15) is 42.1 Å². The monoisotopic (exact) mass is 357 g/mol. The third-order valence-corrected chi connectivity index (χ3v) is 5.12. The second-order valence-corrected chi connectivity index (χ2v) is 6.99. The fraction of sp³-hybridized carbons (Fsp3) is 0.227. The smallest absolute Gasteiger partial charge is 0.345 e. The van der Waals surface area contributed by atoms with E-state index in [-0.39, 0.29) is 24.5 Å². The zero-order valence-corrected chi connectivity index (χ0v) is 15.1. The van der Waals surface area contributed by atoms with Crippen molar-refractivity contribution in [2.24, 2.45) is 10.1 Å². The molecule has 1 aromatic heterocycles. The normalized spacial score (nSPS) is 26.3. The summed E-state index contributed by atoms with van der Waals surface area (Å²) in [5.74, 6) is 0. The Labute approximate surface area is 157 Å². The molecular weight excluding hydrogens is 336 g/mol. The van der Waals surface area contributed by atoms with E-state index in [1.807, 2.05) is 34.8 Å². The van der Waals surface area contributed by atoms with E-state index in [0.29, 0.717) is 0 Å². The van der Waals surface area contributed by atoms with Gasteiger partial charge in [-0.25, -0.2) is 0 Å². The first-order valence-electron chi connectivity index (χ1n) is 9.27. The molecule has 5 heteroatoms. The Kier molecular flexibility index (Phi) is 4.03. The first-order valence-corrected chi connectivity index (χ1v) is 9.27. The molecule has 0 aliphatic carbocycles. The van der Waals surface area contributed by atoms with Gasteiger partial charge in [0.1, 0.15) is 18.5 Å². The lowest BCUT2D eigenvalue weighted by Gasteiger charge is -2.14. The summed E-state index contributed by atoms with van der Waals surface area (Å²) in [4.78, 5) is 4.66. The largest absolute Gasteiger partial charge is 0.350 e. The zero-order chi connectivity index (χ0) is 18.2. The average Bonchev–Trinajstić information content (AvgIpc) is 3.32. The molecule has 0 radical (unpaired) electrons. The van der Waals surface area contributed by atoms with E-state index in [4.69, 9.17) is 4.74 Å². The average molecular weight is 357 g/mol. The van der Waals surface area contributed by atoms with Gasteiger partial charge in [-0.1, -0.05) is 65.8 Å². The van der Waals surface area contributed by atoms with E-state index in [9.17, 15) is 0 Å². The summed E-state index contributed by atoms with van der Waals surface area (Å²) in [6.07, 6.45) is 1.69. The minimum absolute atomic E-state index is 0.0570. The van der Waals surface area contributed by atoms with Crippen molar-refractivity contribution in [2.45, 2.75) is 31.5 Å². The standard InChI is InChI=1S/C22H21N4O/c1-15-20(16-7-3-2-4-8-16)27-22(23-15)18-12-10-17(11-13-18)21-24-19-9-5-6-14-26(19)25-21/h2-15,20-23H,1H3/q+1/t15-,20+,21?,22-/m1/s1. The molecule has 3 heterocycles. The number of aromatic nitrogens is 1. The van der Waals surface area contributed by atoms with Crippen LogP contribution in [0.2, 0.25) is 0 Å². The Morgan fingerprint density at radius 3 is 2.37 bits per heavy atom. The molecule has 1 saturated heterocycles. The third kappa shape index (κ3) is 3.05. The summed E-state index contributed by atoms with van der Waals surface area (Å²) >= 11 is 0. The fourth-order valence-electron chi connectivity index (χ4n) is 3.69. The molecule has 1 unspecified atom stereocenters. The van der Waals surface area contributed by atoms with Crippen molar-refractivity contribution in [2.75, 3.05) is 0 Å². The second-order valence-electron chi connectivity index (χ2n) is 6.99. The Bertz CT molecular complexity index is 1030. The minimum Gasteiger partial charge on any atom is -0.350 e. The van der Waals surface area contributed by atoms with Crippen molar-refractivity contribution in [1.82, 2.24) is 5.32 Å². The Balaban J connectivity index is 1.35. The second kappa shape index (κ2) is 6.68. The van der Waals surface area contributed by atoms with E-state index in [2.05, 4.69) is 70.9 Å². The van der Waals surface area contributed by atoms with Gasteiger partial charge in [0.05, 0.1) is 0 Å². The summed E-state index contributed by atoms with van der Waals surface area (Å²) in [5.41, 5.74) is 4.28. The fourth-order valence-corrected chi connectivity index (χ4v) is 3.69. The number of fused-ring (bicyclic) bond motifs is 1.